The van der Waals surface area contributed by atoms with Gasteiger partial charge in [0.05, 0.1) is 17.2 Å². The summed E-state index contributed by atoms with van der Waals surface area (Å²) in [6, 6.07) is 16.9. The number of hydrogen-bond donors (Lipinski definition) is 2. The third-order valence-corrected chi connectivity index (χ3v) is 5.01. The lowest BCUT2D eigenvalue weighted by Crippen LogP contribution is -2.58. The Kier molecular flexibility index (Phi) is 5.30. The Bertz CT molecular complexity index is 891. The van der Waals surface area contributed by atoms with Crippen LogP contribution in [0.2, 0.25) is 0 Å². The predicted molar refractivity (Wildman–Crippen MR) is 106 cm³/mol. The van der Waals surface area contributed by atoms with E-state index >= 15 is 0 Å². The van der Waals surface area contributed by atoms with Gasteiger partial charge in [-0.25, -0.2) is 4.79 Å². The zero-order chi connectivity index (χ0) is 20.4. The van der Waals surface area contributed by atoms with Gasteiger partial charge in [-0.3, -0.25) is 4.90 Å². The molecular formula is C22H25N3O3. The zero-order valence-electron chi connectivity index (χ0n) is 16.4. The molecule has 2 aromatic rings. The van der Waals surface area contributed by atoms with Crippen molar-refractivity contribution in [3.05, 3.63) is 59.7 Å². The number of amides is 1. The quantitative estimate of drug-likeness (QED) is 0.826. The third kappa shape index (κ3) is 3.67. The molecule has 1 atom stereocenters. The van der Waals surface area contributed by atoms with E-state index in [1.54, 1.807) is 12.1 Å². The Balaban J connectivity index is 2.07. The maximum absolute atomic E-state index is 12.2. The molecule has 0 spiro atoms. The molecule has 1 heterocycles. The van der Waals surface area contributed by atoms with Crippen molar-refractivity contribution in [3.63, 3.8) is 0 Å². The van der Waals surface area contributed by atoms with E-state index < -0.39 is 17.2 Å². The fourth-order valence-electron chi connectivity index (χ4n) is 4.04. The third-order valence-electron chi connectivity index (χ3n) is 5.01. The highest BCUT2D eigenvalue weighted by atomic mass is 16.5. The molecule has 0 aliphatic carbocycles. The molecule has 3 rings (SSSR count). The minimum absolute atomic E-state index is 0.424. The van der Waals surface area contributed by atoms with Crippen LogP contribution in [0.15, 0.2) is 48.5 Å². The lowest BCUT2D eigenvalue weighted by atomic mass is 9.81. The summed E-state index contributed by atoms with van der Waals surface area (Å²) in [4.78, 5) is 13.7. The minimum Gasteiger partial charge on any atom is -0.465 e. The van der Waals surface area contributed by atoms with E-state index in [2.05, 4.69) is 11.4 Å². The summed E-state index contributed by atoms with van der Waals surface area (Å²) in [5, 5.41) is 23.1. The monoisotopic (exact) mass is 379 g/mol. The number of hydrogen-bond acceptors (Lipinski definition) is 4. The summed E-state index contributed by atoms with van der Waals surface area (Å²) in [7, 11) is 0. The van der Waals surface area contributed by atoms with Crippen molar-refractivity contribution in [1.82, 2.24) is 10.2 Å². The first kappa shape index (κ1) is 19.7. The zero-order valence-corrected chi connectivity index (χ0v) is 16.4. The number of carboxylic acid groups (broad SMARTS) is 1. The van der Waals surface area contributed by atoms with Crippen LogP contribution in [0, 0.1) is 11.3 Å². The smallest absolute Gasteiger partial charge is 0.408 e. The second kappa shape index (κ2) is 7.53. The fourth-order valence-corrected chi connectivity index (χ4v) is 4.04. The lowest BCUT2D eigenvalue weighted by molar-refractivity contribution is 0.0223. The van der Waals surface area contributed by atoms with E-state index in [0.29, 0.717) is 42.1 Å². The molecule has 0 bridgehead atoms. The molecular weight excluding hydrogens is 354 g/mol. The fraction of sp³-hybridized carbons (Fsp3) is 0.364. The minimum atomic E-state index is -0.996. The molecule has 2 aromatic carbocycles. The van der Waals surface area contributed by atoms with E-state index in [9.17, 15) is 15.2 Å². The standard InChI is InChI=1S/C22H25N3O3/c1-21(2,3)25(20(26)27)22(11-12-24-15-22)19-10-9-18(13-16(19)14-23)28-17-7-5-4-6-8-17/h4-10,13,24H,11-12,15H2,1-3H3,(H,26,27)/t22-/m1/s1. The molecule has 6 heteroatoms. The summed E-state index contributed by atoms with van der Waals surface area (Å²) in [6.45, 7) is 6.78. The summed E-state index contributed by atoms with van der Waals surface area (Å²) in [6.07, 6.45) is -0.394. The second-order valence-electron chi connectivity index (χ2n) is 7.98. The molecule has 146 valence electrons. The lowest BCUT2D eigenvalue weighted by Gasteiger charge is -2.47. The summed E-state index contributed by atoms with van der Waals surface area (Å²) >= 11 is 0. The van der Waals surface area contributed by atoms with Crippen LogP contribution in [0.25, 0.3) is 0 Å². The molecule has 28 heavy (non-hydrogen) atoms. The molecule has 1 aliphatic heterocycles. The Hall–Kier alpha value is -3.04. The van der Waals surface area contributed by atoms with Crippen LogP contribution < -0.4 is 10.1 Å². The van der Waals surface area contributed by atoms with Crippen LogP contribution >= 0.6 is 0 Å². The van der Waals surface area contributed by atoms with Gasteiger partial charge in [0.15, 0.2) is 0 Å². The number of rotatable bonds is 4. The van der Waals surface area contributed by atoms with Gasteiger partial charge in [0.2, 0.25) is 0 Å². The maximum atomic E-state index is 12.2. The van der Waals surface area contributed by atoms with Gasteiger partial charge in [-0.15, -0.1) is 0 Å². The van der Waals surface area contributed by atoms with Crippen molar-refractivity contribution >= 4 is 6.09 Å². The molecule has 2 N–H and O–H groups in total. The SMILES string of the molecule is CC(C)(C)N(C(=O)O)[C@]1(c2ccc(Oc3ccccc3)cc2C#N)CCNC1. The van der Waals surface area contributed by atoms with Gasteiger partial charge < -0.3 is 15.2 Å². The van der Waals surface area contributed by atoms with Crippen molar-refractivity contribution in [2.24, 2.45) is 0 Å². The van der Waals surface area contributed by atoms with Gasteiger partial charge in [0.25, 0.3) is 0 Å². The molecule has 1 fully saturated rings. The van der Waals surface area contributed by atoms with Crippen molar-refractivity contribution < 1.29 is 14.6 Å². The normalized spacial score (nSPS) is 19.1. The van der Waals surface area contributed by atoms with E-state index in [4.69, 9.17) is 4.74 Å². The van der Waals surface area contributed by atoms with Crippen LogP contribution in [-0.4, -0.2) is 34.7 Å². The average Bonchev–Trinajstić information content (AvgIpc) is 3.10. The second-order valence-corrected chi connectivity index (χ2v) is 7.98. The molecule has 0 radical (unpaired) electrons. The summed E-state index contributed by atoms with van der Waals surface area (Å²) in [5.74, 6) is 1.23. The molecule has 1 saturated heterocycles. The number of benzene rings is 2. The number of carbonyl (C=O) groups is 1. The van der Waals surface area contributed by atoms with Crippen molar-refractivity contribution in [1.29, 1.82) is 5.26 Å². The van der Waals surface area contributed by atoms with Gasteiger partial charge in [-0.1, -0.05) is 24.3 Å². The van der Waals surface area contributed by atoms with Gasteiger partial charge in [-0.2, -0.15) is 5.26 Å². The van der Waals surface area contributed by atoms with E-state index in [-0.39, 0.29) is 0 Å². The van der Waals surface area contributed by atoms with Gasteiger partial charge in [0.1, 0.15) is 11.5 Å². The molecule has 6 nitrogen and oxygen atoms in total. The van der Waals surface area contributed by atoms with Crippen LogP contribution in [0.5, 0.6) is 11.5 Å². The van der Waals surface area contributed by atoms with Crippen LogP contribution in [0.3, 0.4) is 0 Å². The van der Waals surface area contributed by atoms with E-state index in [1.807, 2.05) is 57.2 Å². The molecule has 1 amide bonds. The van der Waals surface area contributed by atoms with Gasteiger partial charge in [0, 0.05) is 12.1 Å². The molecule has 1 aliphatic rings. The van der Waals surface area contributed by atoms with E-state index in [0.717, 1.165) is 0 Å². The van der Waals surface area contributed by atoms with Gasteiger partial charge >= 0.3 is 6.09 Å². The van der Waals surface area contributed by atoms with Crippen molar-refractivity contribution in [3.8, 4) is 17.6 Å². The van der Waals surface area contributed by atoms with Crippen LogP contribution in [-0.2, 0) is 5.54 Å². The number of nitrogens with zero attached hydrogens (tertiary/aromatic N) is 2. The number of nitriles is 1. The Labute approximate surface area is 165 Å². The summed E-state index contributed by atoms with van der Waals surface area (Å²) in [5.41, 5.74) is -0.296. The van der Waals surface area contributed by atoms with Gasteiger partial charge in [-0.05, 0) is 63.6 Å². The number of para-hydroxylation sites is 1. The first-order valence-corrected chi connectivity index (χ1v) is 9.29. The van der Waals surface area contributed by atoms with E-state index in [1.165, 1.54) is 4.90 Å². The van der Waals surface area contributed by atoms with Crippen LogP contribution in [0.1, 0.15) is 38.3 Å². The molecule has 0 unspecified atom stereocenters. The highest BCUT2D eigenvalue weighted by Crippen LogP contribution is 2.41. The Morgan fingerprint density at radius 2 is 1.93 bits per heavy atom. The predicted octanol–water partition coefficient (Wildman–Crippen LogP) is 4.32. The Morgan fingerprint density at radius 3 is 2.46 bits per heavy atom. The van der Waals surface area contributed by atoms with Crippen molar-refractivity contribution in [2.75, 3.05) is 13.1 Å². The average molecular weight is 379 g/mol. The van der Waals surface area contributed by atoms with Crippen molar-refractivity contribution in [2.45, 2.75) is 38.3 Å². The maximum Gasteiger partial charge on any atom is 0.408 e. The first-order chi connectivity index (χ1) is 13.3. The molecule has 0 aromatic heterocycles. The Morgan fingerprint density at radius 1 is 1.21 bits per heavy atom. The highest BCUT2D eigenvalue weighted by Gasteiger charge is 2.49. The number of nitrogens with one attached hydrogen (secondary N) is 1. The largest absolute Gasteiger partial charge is 0.465 e. The summed E-state index contributed by atoms with van der Waals surface area (Å²) < 4.78 is 5.85. The first-order valence-electron chi connectivity index (χ1n) is 9.29. The topological polar surface area (TPSA) is 85.6 Å². The molecule has 0 saturated carbocycles. The number of ether oxygens (including phenoxy) is 1. The highest BCUT2D eigenvalue weighted by molar-refractivity contribution is 5.69. The van der Waals surface area contributed by atoms with Crippen LogP contribution in [0.4, 0.5) is 4.79 Å².